The molecule has 0 unspecified atom stereocenters. The highest BCUT2D eigenvalue weighted by Crippen LogP contribution is 2.13. The molecule has 1 rings (SSSR count). The summed E-state index contributed by atoms with van der Waals surface area (Å²) >= 11 is 0. The zero-order chi connectivity index (χ0) is 15.0. The zero-order valence-corrected chi connectivity index (χ0v) is 11.1. The van der Waals surface area contributed by atoms with Crippen LogP contribution in [0.1, 0.15) is 12.0 Å². The predicted octanol–water partition coefficient (Wildman–Crippen LogP) is 0.660. The summed E-state index contributed by atoms with van der Waals surface area (Å²) in [7, 11) is 1.54. The number of aliphatic carboxylic acids is 1. The Morgan fingerprint density at radius 2 is 2.20 bits per heavy atom. The number of aliphatic hydroxyl groups is 1. The number of rotatable bonds is 7. The van der Waals surface area contributed by atoms with Crippen LogP contribution in [0.15, 0.2) is 30.3 Å². The fraction of sp³-hybridized carbons (Fsp3) is 0.286. The predicted molar refractivity (Wildman–Crippen MR) is 73.3 cm³/mol. The van der Waals surface area contributed by atoms with Crippen molar-refractivity contribution in [2.24, 2.45) is 0 Å². The quantitative estimate of drug-likeness (QED) is 0.637. The van der Waals surface area contributed by atoms with Gasteiger partial charge in [0, 0.05) is 19.1 Å². The molecule has 108 valence electrons. The molecular formula is C14H17NO5. The lowest BCUT2D eigenvalue weighted by Gasteiger charge is -2.11. The molecule has 0 aliphatic heterocycles. The molecule has 6 nitrogen and oxygen atoms in total. The number of carboxylic acids is 1. The fourth-order valence-corrected chi connectivity index (χ4v) is 1.52. The van der Waals surface area contributed by atoms with E-state index in [9.17, 15) is 9.59 Å². The highest BCUT2D eigenvalue weighted by Gasteiger charge is 2.17. The monoisotopic (exact) mass is 279 g/mol. The van der Waals surface area contributed by atoms with Crippen molar-refractivity contribution in [3.8, 4) is 5.75 Å². The van der Waals surface area contributed by atoms with Gasteiger partial charge >= 0.3 is 5.97 Å². The first kappa shape index (κ1) is 15.7. The van der Waals surface area contributed by atoms with Crippen LogP contribution >= 0.6 is 0 Å². The number of amides is 1. The maximum atomic E-state index is 11.6. The van der Waals surface area contributed by atoms with Crippen LogP contribution in [0.3, 0.4) is 0 Å². The summed E-state index contributed by atoms with van der Waals surface area (Å²) in [4.78, 5) is 22.4. The lowest BCUT2D eigenvalue weighted by Crippen LogP contribution is -2.40. The van der Waals surface area contributed by atoms with Gasteiger partial charge in [0.1, 0.15) is 11.8 Å². The average Bonchev–Trinajstić information content (AvgIpc) is 2.44. The van der Waals surface area contributed by atoms with Crippen molar-refractivity contribution in [1.29, 1.82) is 0 Å². The first-order chi connectivity index (χ1) is 9.56. The van der Waals surface area contributed by atoms with Gasteiger partial charge in [0.15, 0.2) is 0 Å². The smallest absolute Gasteiger partial charge is 0.326 e. The minimum Gasteiger partial charge on any atom is -0.497 e. The Hall–Kier alpha value is -2.34. The molecule has 20 heavy (non-hydrogen) atoms. The third-order valence-corrected chi connectivity index (χ3v) is 2.55. The maximum absolute atomic E-state index is 11.6. The van der Waals surface area contributed by atoms with E-state index in [0.717, 1.165) is 5.56 Å². The van der Waals surface area contributed by atoms with Crippen LogP contribution in [-0.4, -0.2) is 41.8 Å². The minimum atomic E-state index is -1.18. The van der Waals surface area contributed by atoms with Crippen molar-refractivity contribution in [3.63, 3.8) is 0 Å². The summed E-state index contributed by atoms with van der Waals surface area (Å²) in [5.74, 6) is -1.05. The molecule has 3 N–H and O–H groups in total. The fourth-order valence-electron chi connectivity index (χ4n) is 1.52. The summed E-state index contributed by atoms with van der Waals surface area (Å²) in [5.41, 5.74) is 0.758. The molecule has 0 aliphatic rings. The summed E-state index contributed by atoms with van der Waals surface area (Å²) < 4.78 is 5.05. The molecule has 1 aromatic rings. The van der Waals surface area contributed by atoms with E-state index in [4.69, 9.17) is 14.9 Å². The summed E-state index contributed by atoms with van der Waals surface area (Å²) in [6.07, 6.45) is 2.76. The second-order valence-electron chi connectivity index (χ2n) is 4.02. The molecule has 0 saturated carbocycles. The Morgan fingerprint density at radius 1 is 1.45 bits per heavy atom. The largest absolute Gasteiger partial charge is 0.497 e. The van der Waals surface area contributed by atoms with Gasteiger partial charge in [-0.05, 0) is 23.8 Å². The van der Waals surface area contributed by atoms with Gasteiger partial charge in [0.2, 0.25) is 5.91 Å². The minimum absolute atomic E-state index is 0.0337. The van der Waals surface area contributed by atoms with Gasteiger partial charge in [-0.1, -0.05) is 12.1 Å². The molecule has 0 fully saturated rings. The zero-order valence-electron chi connectivity index (χ0n) is 11.1. The van der Waals surface area contributed by atoms with E-state index in [1.54, 1.807) is 37.5 Å². The van der Waals surface area contributed by atoms with Crippen LogP contribution < -0.4 is 10.1 Å². The molecule has 0 saturated heterocycles. The Bertz CT molecular complexity index is 498. The molecule has 0 heterocycles. The standard InChI is InChI=1S/C14H17NO5/c1-20-11-4-2-3-10(9-11)5-6-13(17)15-12(7-8-16)14(18)19/h2-6,9,12,16H,7-8H2,1H3,(H,15,17)(H,18,19)/b6-5+/t12-/m1/s1. The second-order valence-corrected chi connectivity index (χ2v) is 4.02. The molecule has 0 aliphatic carbocycles. The van der Waals surface area contributed by atoms with Crippen molar-refractivity contribution in [2.75, 3.05) is 13.7 Å². The van der Waals surface area contributed by atoms with E-state index >= 15 is 0 Å². The number of methoxy groups -OCH3 is 1. The van der Waals surface area contributed by atoms with E-state index in [1.807, 2.05) is 0 Å². The number of ether oxygens (including phenoxy) is 1. The van der Waals surface area contributed by atoms with Crippen LogP contribution in [0.2, 0.25) is 0 Å². The van der Waals surface area contributed by atoms with Crippen LogP contribution in [0.25, 0.3) is 6.08 Å². The first-order valence-corrected chi connectivity index (χ1v) is 6.03. The van der Waals surface area contributed by atoms with E-state index in [0.29, 0.717) is 5.75 Å². The maximum Gasteiger partial charge on any atom is 0.326 e. The highest BCUT2D eigenvalue weighted by molar-refractivity contribution is 5.94. The second kappa shape index (κ2) is 7.96. The van der Waals surface area contributed by atoms with Gasteiger partial charge in [-0.3, -0.25) is 4.79 Å². The SMILES string of the molecule is COc1cccc(/C=C/C(=O)N[C@H](CCO)C(=O)O)c1. The number of nitrogens with one attached hydrogen (secondary N) is 1. The van der Waals surface area contributed by atoms with Gasteiger partial charge in [0.05, 0.1) is 7.11 Å². The third kappa shape index (κ3) is 5.11. The van der Waals surface area contributed by atoms with Gasteiger partial charge < -0.3 is 20.3 Å². The van der Waals surface area contributed by atoms with Crippen molar-refractivity contribution in [3.05, 3.63) is 35.9 Å². The van der Waals surface area contributed by atoms with Gasteiger partial charge in [-0.25, -0.2) is 4.79 Å². The molecule has 0 bridgehead atoms. The van der Waals surface area contributed by atoms with Crippen molar-refractivity contribution >= 4 is 18.0 Å². The van der Waals surface area contributed by atoms with Crippen molar-refractivity contribution < 1.29 is 24.5 Å². The molecule has 0 aromatic heterocycles. The lowest BCUT2D eigenvalue weighted by atomic mass is 10.2. The lowest BCUT2D eigenvalue weighted by molar-refractivity contribution is -0.141. The summed E-state index contributed by atoms with van der Waals surface area (Å²) in [6, 6.07) is 5.99. The topological polar surface area (TPSA) is 95.9 Å². The number of carbonyl (C=O) groups excluding carboxylic acids is 1. The van der Waals surface area contributed by atoms with Crippen LogP contribution in [0.4, 0.5) is 0 Å². The van der Waals surface area contributed by atoms with E-state index in [1.165, 1.54) is 6.08 Å². The number of carbonyl (C=O) groups is 2. The van der Waals surface area contributed by atoms with Crippen LogP contribution in [0, 0.1) is 0 Å². The Labute approximate surface area is 116 Å². The van der Waals surface area contributed by atoms with E-state index < -0.39 is 17.9 Å². The molecule has 1 atom stereocenters. The Morgan fingerprint density at radius 3 is 2.80 bits per heavy atom. The van der Waals surface area contributed by atoms with Crippen molar-refractivity contribution in [1.82, 2.24) is 5.32 Å². The highest BCUT2D eigenvalue weighted by atomic mass is 16.5. The molecule has 1 amide bonds. The number of hydrogen-bond donors (Lipinski definition) is 3. The first-order valence-electron chi connectivity index (χ1n) is 6.03. The van der Waals surface area contributed by atoms with Crippen LogP contribution in [-0.2, 0) is 9.59 Å². The van der Waals surface area contributed by atoms with Crippen molar-refractivity contribution in [2.45, 2.75) is 12.5 Å². The molecule has 1 aromatic carbocycles. The molecule has 0 spiro atoms. The van der Waals surface area contributed by atoms with E-state index in [2.05, 4.69) is 5.32 Å². The average molecular weight is 279 g/mol. The van der Waals surface area contributed by atoms with Gasteiger partial charge in [-0.15, -0.1) is 0 Å². The van der Waals surface area contributed by atoms with Crippen LogP contribution in [0.5, 0.6) is 5.75 Å². The molecule has 0 radical (unpaired) electrons. The molecule has 6 heteroatoms. The van der Waals surface area contributed by atoms with E-state index in [-0.39, 0.29) is 13.0 Å². The van der Waals surface area contributed by atoms with Gasteiger partial charge in [0.25, 0.3) is 0 Å². The number of hydrogen-bond acceptors (Lipinski definition) is 4. The Kier molecular flexibility index (Phi) is 6.25. The summed E-state index contributed by atoms with van der Waals surface area (Å²) in [5, 5.41) is 19.9. The number of benzene rings is 1. The Balaban J connectivity index is 2.64. The van der Waals surface area contributed by atoms with Gasteiger partial charge in [-0.2, -0.15) is 0 Å². The number of aliphatic hydroxyl groups excluding tert-OH is 1. The number of carboxylic acid groups (broad SMARTS) is 1. The normalized spacial score (nSPS) is 12.1. The summed E-state index contributed by atoms with van der Waals surface area (Å²) in [6.45, 7) is -0.309. The third-order valence-electron chi connectivity index (χ3n) is 2.55. The molecular weight excluding hydrogens is 262 g/mol.